The molecule has 1 aliphatic heterocycles. The van der Waals surface area contributed by atoms with Crippen molar-refractivity contribution >= 4 is 29.2 Å². The molecule has 1 heterocycles. The van der Waals surface area contributed by atoms with Gasteiger partial charge in [0, 0.05) is 5.69 Å². The average Bonchev–Trinajstić information content (AvgIpc) is 2.74. The molecule has 0 saturated heterocycles. The highest BCUT2D eigenvalue weighted by Crippen LogP contribution is 2.31. The standard InChI is InChI=1S/C14H15NO3S/c1-8-4-5-10(6-9(8)2)15-13-12(14(17)18-3)11(16)7-19-13/h4-6,15H,7H2,1-3H3. The number of carbonyl (C=O) groups excluding carboxylic acids is 2. The van der Waals surface area contributed by atoms with E-state index in [1.165, 1.54) is 24.4 Å². The van der Waals surface area contributed by atoms with Crippen LogP contribution in [0.4, 0.5) is 5.69 Å². The van der Waals surface area contributed by atoms with E-state index < -0.39 is 5.97 Å². The molecule has 19 heavy (non-hydrogen) atoms. The number of methoxy groups -OCH3 is 1. The first kappa shape index (κ1) is 13.7. The van der Waals surface area contributed by atoms with Gasteiger partial charge in [-0.05, 0) is 37.1 Å². The second kappa shape index (κ2) is 5.48. The van der Waals surface area contributed by atoms with Crippen LogP contribution >= 0.6 is 11.8 Å². The average molecular weight is 277 g/mol. The molecule has 0 bridgehead atoms. The predicted octanol–water partition coefficient (Wildman–Crippen LogP) is 2.42. The van der Waals surface area contributed by atoms with Gasteiger partial charge in [-0.1, -0.05) is 17.8 Å². The molecule has 1 aromatic rings. The molecule has 2 rings (SSSR count). The van der Waals surface area contributed by atoms with E-state index in [1.807, 2.05) is 32.0 Å². The normalized spacial score (nSPS) is 14.8. The van der Waals surface area contributed by atoms with Crippen molar-refractivity contribution in [2.45, 2.75) is 13.8 Å². The zero-order valence-electron chi connectivity index (χ0n) is 11.1. The number of anilines is 1. The quantitative estimate of drug-likeness (QED) is 0.679. The number of nitrogens with one attached hydrogen (secondary N) is 1. The Balaban J connectivity index is 2.30. The largest absolute Gasteiger partial charge is 0.465 e. The lowest BCUT2D eigenvalue weighted by Gasteiger charge is -2.10. The molecule has 5 heteroatoms. The van der Waals surface area contributed by atoms with E-state index in [1.54, 1.807) is 0 Å². The van der Waals surface area contributed by atoms with E-state index >= 15 is 0 Å². The lowest BCUT2D eigenvalue weighted by molar-refractivity contribution is -0.137. The summed E-state index contributed by atoms with van der Waals surface area (Å²) in [7, 11) is 1.28. The monoisotopic (exact) mass is 277 g/mol. The highest BCUT2D eigenvalue weighted by molar-refractivity contribution is 8.04. The highest BCUT2D eigenvalue weighted by Gasteiger charge is 2.30. The van der Waals surface area contributed by atoms with Crippen molar-refractivity contribution in [2.24, 2.45) is 0 Å². The number of ketones is 1. The molecule has 1 aliphatic rings. The molecule has 100 valence electrons. The Bertz CT molecular complexity index is 578. The molecule has 0 saturated carbocycles. The van der Waals surface area contributed by atoms with Crippen molar-refractivity contribution in [3.8, 4) is 0 Å². The fraction of sp³-hybridized carbons (Fsp3) is 0.286. The summed E-state index contributed by atoms with van der Waals surface area (Å²) in [6, 6.07) is 5.91. The molecule has 0 amide bonds. The van der Waals surface area contributed by atoms with Gasteiger partial charge in [-0.2, -0.15) is 0 Å². The first-order chi connectivity index (χ1) is 9.02. The summed E-state index contributed by atoms with van der Waals surface area (Å²) in [4.78, 5) is 23.3. The Hall–Kier alpha value is -1.75. The molecular formula is C14H15NO3S. The number of rotatable bonds is 3. The van der Waals surface area contributed by atoms with Crippen molar-refractivity contribution in [1.82, 2.24) is 0 Å². The number of hydrogen-bond acceptors (Lipinski definition) is 5. The number of hydrogen-bond donors (Lipinski definition) is 1. The van der Waals surface area contributed by atoms with Crippen LogP contribution in [0.1, 0.15) is 11.1 Å². The van der Waals surface area contributed by atoms with E-state index in [2.05, 4.69) is 10.1 Å². The lowest BCUT2D eigenvalue weighted by atomic mass is 10.1. The molecule has 0 fully saturated rings. The molecule has 0 atom stereocenters. The lowest BCUT2D eigenvalue weighted by Crippen LogP contribution is -2.14. The van der Waals surface area contributed by atoms with Gasteiger partial charge in [0.25, 0.3) is 0 Å². The maximum Gasteiger partial charge on any atom is 0.344 e. The van der Waals surface area contributed by atoms with Crippen molar-refractivity contribution in [3.05, 3.63) is 39.9 Å². The van der Waals surface area contributed by atoms with Crippen LogP contribution < -0.4 is 5.32 Å². The van der Waals surface area contributed by atoms with Crippen LogP contribution in [0, 0.1) is 13.8 Å². The summed E-state index contributed by atoms with van der Waals surface area (Å²) in [5.74, 6) is -0.498. The van der Waals surface area contributed by atoms with Crippen molar-refractivity contribution in [1.29, 1.82) is 0 Å². The third kappa shape index (κ3) is 2.81. The van der Waals surface area contributed by atoms with E-state index in [-0.39, 0.29) is 17.1 Å². The zero-order chi connectivity index (χ0) is 14.0. The number of aryl methyl sites for hydroxylation is 2. The van der Waals surface area contributed by atoms with Crippen molar-refractivity contribution in [2.75, 3.05) is 18.2 Å². The van der Waals surface area contributed by atoms with Crippen LogP contribution in [0.5, 0.6) is 0 Å². The third-order valence-corrected chi connectivity index (χ3v) is 4.01. The molecule has 1 aromatic carbocycles. The summed E-state index contributed by atoms with van der Waals surface area (Å²) in [5.41, 5.74) is 3.33. The molecule has 0 radical (unpaired) electrons. The summed E-state index contributed by atoms with van der Waals surface area (Å²) in [5, 5.41) is 3.70. The summed E-state index contributed by atoms with van der Waals surface area (Å²) < 4.78 is 4.64. The van der Waals surface area contributed by atoms with Gasteiger partial charge in [-0.15, -0.1) is 0 Å². The minimum Gasteiger partial charge on any atom is -0.465 e. The number of benzene rings is 1. The van der Waals surface area contributed by atoms with Gasteiger partial charge in [0.2, 0.25) is 0 Å². The Kier molecular flexibility index (Phi) is 3.95. The Labute approximate surface area is 116 Å². The Morgan fingerprint density at radius 1 is 1.32 bits per heavy atom. The van der Waals surface area contributed by atoms with Crippen LogP contribution in [0.2, 0.25) is 0 Å². The third-order valence-electron chi connectivity index (χ3n) is 3.01. The maximum atomic E-state index is 11.7. The Morgan fingerprint density at radius 3 is 2.68 bits per heavy atom. The van der Waals surface area contributed by atoms with Crippen LogP contribution in [0.15, 0.2) is 28.8 Å². The SMILES string of the molecule is COC(=O)C1=C(Nc2ccc(C)c(C)c2)SCC1=O. The summed E-state index contributed by atoms with van der Waals surface area (Å²) >= 11 is 1.33. The number of ether oxygens (including phenoxy) is 1. The summed E-state index contributed by atoms with van der Waals surface area (Å²) in [6.07, 6.45) is 0. The van der Waals surface area contributed by atoms with Crippen LogP contribution in [-0.2, 0) is 14.3 Å². The van der Waals surface area contributed by atoms with Gasteiger partial charge in [0.1, 0.15) is 5.57 Å². The maximum absolute atomic E-state index is 11.7. The second-order valence-electron chi connectivity index (χ2n) is 4.33. The van der Waals surface area contributed by atoms with Crippen LogP contribution in [0.3, 0.4) is 0 Å². The van der Waals surface area contributed by atoms with Gasteiger partial charge < -0.3 is 10.1 Å². The molecule has 0 spiro atoms. The minimum atomic E-state index is -0.582. The van der Waals surface area contributed by atoms with E-state index in [0.717, 1.165) is 11.3 Å². The number of Topliss-reactive ketones (excluding diaryl/α,β-unsaturated/α-hetero) is 1. The molecule has 4 nitrogen and oxygen atoms in total. The van der Waals surface area contributed by atoms with E-state index in [4.69, 9.17) is 0 Å². The second-order valence-corrected chi connectivity index (χ2v) is 5.32. The van der Waals surface area contributed by atoms with Crippen molar-refractivity contribution < 1.29 is 14.3 Å². The molecule has 0 unspecified atom stereocenters. The Morgan fingerprint density at radius 2 is 2.05 bits per heavy atom. The topological polar surface area (TPSA) is 55.4 Å². The van der Waals surface area contributed by atoms with Gasteiger partial charge in [-0.3, -0.25) is 4.79 Å². The predicted molar refractivity (Wildman–Crippen MR) is 76.0 cm³/mol. The smallest absolute Gasteiger partial charge is 0.344 e. The van der Waals surface area contributed by atoms with Gasteiger partial charge in [0.05, 0.1) is 17.9 Å². The van der Waals surface area contributed by atoms with E-state index in [9.17, 15) is 9.59 Å². The van der Waals surface area contributed by atoms with Crippen molar-refractivity contribution in [3.63, 3.8) is 0 Å². The molecule has 1 N–H and O–H groups in total. The number of carbonyl (C=O) groups is 2. The fourth-order valence-corrected chi connectivity index (χ4v) is 2.72. The number of thioether (sulfide) groups is 1. The summed E-state index contributed by atoms with van der Waals surface area (Å²) in [6.45, 7) is 4.05. The zero-order valence-corrected chi connectivity index (χ0v) is 11.9. The van der Waals surface area contributed by atoms with Crippen LogP contribution in [-0.4, -0.2) is 24.6 Å². The van der Waals surface area contributed by atoms with Gasteiger partial charge in [-0.25, -0.2) is 4.79 Å². The van der Waals surface area contributed by atoms with Crippen LogP contribution in [0.25, 0.3) is 0 Å². The minimum absolute atomic E-state index is 0.116. The first-order valence-corrected chi connectivity index (χ1v) is 6.84. The number of esters is 1. The first-order valence-electron chi connectivity index (χ1n) is 5.86. The van der Waals surface area contributed by atoms with Gasteiger partial charge in [0.15, 0.2) is 5.78 Å². The van der Waals surface area contributed by atoms with Gasteiger partial charge >= 0.3 is 5.97 Å². The molecular weight excluding hydrogens is 262 g/mol. The fourth-order valence-electron chi connectivity index (χ4n) is 1.77. The van der Waals surface area contributed by atoms with E-state index in [0.29, 0.717) is 5.03 Å². The highest BCUT2D eigenvalue weighted by atomic mass is 32.2. The molecule has 0 aromatic heterocycles. The molecule has 0 aliphatic carbocycles.